The van der Waals surface area contributed by atoms with Gasteiger partial charge in [-0.25, -0.2) is 9.59 Å². The summed E-state index contributed by atoms with van der Waals surface area (Å²) >= 11 is 13.7. The van der Waals surface area contributed by atoms with Crippen LogP contribution in [0.3, 0.4) is 0 Å². The van der Waals surface area contributed by atoms with Gasteiger partial charge in [-0.3, -0.25) is 4.98 Å². The maximum absolute atomic E-state index is 12.9. The molecule has 37 heavy (non-hydrogen) atoms. The number of rotatable bonds is 12. The van der Waals surface area contributed by atoms with Gasteiger partial charge in [0.15, 0.2) is 18.1 Å². The fourth-order valence-corrected chi connectivity index (χ4v) is 4.49. The lowest BCUT2D eigenvalue weighted by Crippen LogP contribution is -2.20. The Bertz CT molecular complexity index is 1220. The van der Waals surface area contributed by atoms with Crippen molar-refractivity contribution in [2.24, 2.45) is 5.92 Å². The van der Waals surface area contributed by atoms with E-state index in [4.69, 9.17) is 37.4 Å². The van der Waals surface area contributed by atoms with Gasteiger partial charge in [-0.05, 0) is 53.5 Å². The maximum atomic E-state index is 12.9. The lowest BCUT2D eigenvalue weighted by Gasteiger charge is -2.21. The van der Waals surface area contributed by atoms with Gasteiger partial charge in [-0.2, -0.15) is 8.78 Å². The van der Waals surface area contributed by atoms with E-state index in [0.29, 0.717) is 28.5 Å². The van der Waals surface area contributed by atoms with Gasteiger partial charge in [-0.15, -0.1) is 11.3 Å². The molecule has 4 rings (SSSR count). The van der Waals surface area contributed by atoms with E-state index >= 15 is 0 Å². The normalized spacial score (nSPS) is 13.8. The van der Waals surface area contributed by atoms with Crippen LogP contribution in [0.15, 0.2) is 48.1 Å². The topological polar surface area (TPSA) is 84.0 Å². The van der Waals surface area contributed by atoms with Gasteiger partial charge in [0.1, 0.15) is 11.0 Å². The molecule has 1 saturated carbocycles. The van der Waals surface area contributed by atoms with Crippen molar-refractivity contribution in [1.82, 2.24) is 4.98 Å². The highest BCUT2D eigenvalue weighted by Gasteiger charge is 2.26. The molecular formula is C25H21Cl2F2NO6S. The molecule has 1 aliphatic carbocycles. The first kappa shape index (κ1) is 27.1. The van der Waals surface area contributed by atoms with Gasteiger partial charge in [0.2, 0.25) is 0 Å². The first-order chi connectivity index (χ1) is 17.8. The van der Waals surface area contributed by atoms with Crippen LogP contribution in [0.5, 0.6) is 11.5 Å². The Hall–Kier alpha value is -2.95. The molecule has 2 aromatic heterocycles. The van der Waals surface area contributed by atoms with Crippen LogP contribution in [0.4, 0.5) is 8.78 Å². The average molecular weight is 572 g/mol. The van der Waals surface area contributed by atoms with Crippen LogP contribution in [0, 0.1) is 5.92 Å². The molecule has 0 spiro atoms. The fraction of sp³-hybridized carbons (Fsp3) is 0.320. The quantitative estimate of drug-likeness (QED) is 0.229. The number of carbonyl (C=O) groups is 2. The SMILES string of the molecule is O=C(COC(=O)c1cccs1)O[C@@H](Cc1c(Cl)cncc1Cl)c1ccc(OC(F)F)c(OCC2CC2)c1. The zero-order valence-corrected chi connectivity index (χ0v) is 21.5. The smallest absolute Gasteiger partial charge is 0.387 e. The van der Waals surface area contributed by atoms with Crippen LogP contribution < -0.4 is 9.47 Å². The molecule has 7 nitrogen and oxygen atoms in total. The summed E-state index contributed by atoms with van der Waals surface area (Å²) in [5, 5.41) is 2.21. The third-order valence-corrected chi connectivity index (χ3v) is 6.89. The lowest BCUT2D eigenvalue weighted by atomic mass is 10.0. The molecule has 1 atom stereocenters. The fourth-order valence-electron chi connectivity index (χ4n) is 3.35. The number of ether oxygens (including phenoxy) is 4. The molecule has 12 heteroatoms. The minimum atomic E-state index is -3.05. The summed E-state index contributed by atoms with van der Waals surface area (Å²) in [6, 6.07) is 7.51. The highest BCUT2D eigenvalue weighted by Crippen LogP contribution is 2.37. The van der Waals surface area contributed by atoms with E-state index in [0.717, 1.165) is 12.8 Å². The van der Waals surface area contributed by atoms with Gasteiger partial charge in [0, 0.05) is 18.8 Å². The van der Waals surface area contributed by atoms with Gasteiger partial charge in [0.05, 0.1) is 16.7 Å². The van der Waals surface area contributed by atoms with Crippen molar-refractivity contribution in [2.75, 3.05) is 13.2 Å². The molecule has 0 unspecified atom stereocenters. The summed E-state index contributed by atoms with van der Waals surface area (Å²) in [6.45, 7) is -3.34. The van der Waals surface area contributed by atoms with Crippen LogP contribution in [-0.4, -0.2) is 36.7 Å². The van der Waals surface area contributed by atoms with Gasteiger partial charge < -0.3 is 18.9 Å². The molecule has 1 aromatic carbocycles. The molecule has 1 fully saturated rings. The predicted molar refractivity (Wildman–Crippen MR) is 133 cm³/mol. The Balaban J connectivity index is 1.56. The van der Waals surface area contributed by atoms with Gasteiger partial charge >= 0.3 is 18.6 Å². The summed E-state index contributed by atoms with van der Waals surface area (Å²) in [6.07, 6.45) is 3.83. The van der Waals surface area contributed by atoms with Crippen LogP contribution >= 0.6 is 34.5 Å². The molecule has 2 heterocycles. The number of nitrogens with zero attached hydrogens (tertiary/aromatic N) is 1. The molecule has 1 aliphatic rings. The van der Waals surface area contributed by atoms with E-state index in [-0.39, 0.29) is 28.0 Å². The molecule has 0 N–H and O–H groups in total. The summed E-state index contributed by atoms with van der Waals surface area (Å²) in [4.78, 5) is 29.0. The Morgan fingerprint density at radius 2 is 1.86 bits per heavy atom. The Labute approximate surface area is 225 Å². The molecule has 0 bridgehead atoms. The minimum absolute atomic E-state index is 0.0297. The zero-order valence-electron chi connectivity index (χ0n) is 19.2. The highest BCUT2D eigenvalue weighted by molar-refractivity contribution is 7.11. The summed E-state index contributed by atoms with van der Waals surface area (Å²) in [7, 11) is 0. The van der Waals surface area contributed by atoms with Crippen molar-refractivity contribution >= 4 is 46.5 Å². The number of esters is 2. The number of halogens is 4. The number of carbonyl (C=O) groups excluding carboxylic acids is 2. The second-order valence-corrected chi connectivity index (χ2v) is 9.92. The van der Waals surface area contributed by atoms with Gasteiger partial charge in [-0.1, -0.05) is 35.3 Å². The summed E-state index contributed by atoms with van der Waals surface area (Å²) in [5.74, 6) is -1.20. The lowest BCUT2D eigenvalue weighted by molar-refractivity contribution is -0.153. The zero-order chi connectivity index (χ0) is 26.4. The van der Waals surface area contributed by atoms with Crippen molar-refractivity contribution < 1.29 is 37.3 Å². The van der Waals surface area contributed by atoms with E-state index in [2.05, 4.69) is 9.72 Å². The van der Waals surface area contributed by atoms with Crippen molar-refractivity contribution in [3.63, 3.8) is 0 Å². The number of pyridine rings is 1. The average Bonchev–Trinajstić information content (AvgIpc) is 3.53. The Morgan fingerprint density at radius 1 is 1.11 bits per heavy atom. The van der Waals surface area contributed by atoms with E-state index in [1.807, 2.05) is 0 Å². The highest BCUT2D eigenvalue weighted by atomic mass is 35.5. The van der Waals surface area contributed by atoms with E-state index < -0.39 is 31.3 Å². The van der Waals surface area contributed by atoms with Crippen LogP contribution in [-0.2, 0) is 20.7 Å². The Kier molecular flexibility index (Phi) is 9.18. The van der Waals surface area contributed by atoms with Crippen LogP contribution in [0.1, 0.15) is 39.7 Å². The molecule has 0 aliphatic heterocycles. The van der Waals surface area contributed by atoms with Crippen molar-refractivity contribution in [1.29, 1.82) is 0 Å². The van der Waals surface area contributed by atoms with Crippen molar-refractivity contribution in [3.8, 4) is 11.5 Å². The second kappa shape index (κ2) is 12.5. The van der Waals surface area contributed by atoms with Crippen molar-refractivity contribution in [3.05, 3.63) is 74.2 Å². The molecule has 3 aromatic rings. The minimum Gasteiger partial charge on any atom is -0.489 e. The van der Waals surface area contributed by atoms with Crippen molar-refractivity contribution in [2.45, 2.75) is 32.0 Å². The number of alkyl halides is 2. The number of thiophene rings is 1. The first-order valence-corrected chi connectivity index (χ1v) is 12.8. The molecule has 0 amide bonds. The molecule has 0 saturated heterocycles. The standard InChI is InChI=1S/C25H21Cl2F2NO6S/c26-17-10-30-11-18(27)16(17)9-20(35-23(31)13-34-24(32)22-2-1-7-37-22)15-5-6-19(36-25(28)29)21(8-15)33-12-14-3-4-14/h1-2,5-8,10-11,14,20,25H,3-4,9,12-13H2/t20-/m0/s1. The van der Waals surface area contributed by atoms with E-state index in [1.165, 1.54) is 41.9 Å². The molecule has 196 valence electrons. The molecular weight excluding hydrogens is 551 g/mol. The summed E-state index contributed by atoms with van der Waals surface area (Å²) < 4.78 is 46.9. The second-order valence-electron chi connectivity index (χ2n) is 8.16. The third kappa shape index (κ3) is 7.77. The first-order valence-electron chi connectivity index (χ1n) is 11.2. The predicted octanol–water partition coefficient (Wildman–Crippen LogP) is 6.52. The van der Waals surface area contributed by atoms with Crippen LogP contribution in [0.25, 0.3) is 0 Å². The van der Waals surface area contributed by atoms with E-state index in [9.17, 15) is 18.4 Å². The number of aromatic nitrogens is 1. The van der Waals surface area contributed by atoms with Gasteiger partial charge in [0.25, 0.3) is 0 Å². The molecule has 0 radical (unpaired) electrons. The number of hydrogen-bond acceptors (Lipinski definition) is 8. The van der Waals surface area contributed by atoms with Crippen LogP contribution in [0.2, 0.25) is 10.0 Å². The van der Waals surface area contributed by atoms with E-state index in [1.54, 1.807) is 17.5 Å². The Morgan fingerprint density at radius 3 is 2.51 bits per heavy atom. The summed E-state index contributed by atoms with van der Waals surface area (Å²) in [5.41, 5.74) is 0.870. The third-order valence-electron chi connectivity index (χ3n) is 5.39. The number of benzene rings is 1. The number of hydrogen-bond donors (Lipinski definition) is 0. The monoisotopic (exact) mass is 571 g/mol. The maximum Gasteiger partial charge on any atom is 0.387 e. The largest absolute Gasteiger partial charge is 0.489 e.